The van der Waals surface area contributed by atoms with E-state index in [-0.39, 0.29) is 12.4 Å². The molecule has 1 unspecified atom stereocenters. The maximum Gasteiger partial charge on any atom is 0.133 e. The summed E-state index contributed by atoms with van der Waals surface area (Å²) in [6.45, 7) is 2.21. The summed E-state index contributed by atoms with van der Waals surface area (Å²) in [5, 5.41) is 4.51. The van der Waals surface area contributed by atoms with Crippen LogP contribution in [0.15, 0.2) is 34.9 Å². The van der Waals surface area contributed by atoms with Crippen LogP contribution in [0.25, 0.3) is 11.0 Å². The van der Waals surface area contributed by atoms with Gasteiger partial charge >= 0.3 is 0 Å². The maximum atomic E-state index is 5.31. The molecule has 1 aromatic heterocycles. The third-order valence-electron chi connectivity index (χ3n) is 2.90. The fraction of sp³-hybridized carbons (Fsp3) is 0.385. The van der Waals surface area contributed by atoms with Gasteiger partial charge in [-0.25, -0.2) is 0 Å². The van der Waals surface area contributed by atoms with Crippen LogP contribution in [0.1, 0.15) is 18.9 Å². The molecule has 16 heavy (non-hydrogen) atoms. The lowest BCUT2D eigenvalue weighted by Crippen LogP contribution is -2.26. The third kappa shape index (κ3) is 2.77. The number of fused-ring (bicyclic) bond motifs is 1. The molecule has 0 spiro atoms. The average Bonchev–Trinajstić information content (AvgIpc) is 2.73. The second-order valence-corrected chi connectivity index (χ2v) is 3.89. The highest BCUT2D eigenvalue weighted by atomic mass is 35.5. The minimum atomic E-state index is 0. The Hall–Kier alpha value is -0.990. The fourth-order valence-corrected chi connectivity index (χ4v) is 1.88. The van der Waals surface area contributed by atoms with E-state index in [1.54, 1.807) is 6.26 Å². The first-order valence-corrected chi connectivity index (χ1v) is 5.47. The van der Waals surface area contributed by atoms with Crippen molar-refractivity contribution in [2.24, 2.45) is 0 Å². The Balaban J connectivity index is 0.00000128. The normalized spacial score (nSPS) is 12.4. The molecule has 1 aromatic carbocycles. The first-order chi connectivity index (χ1) is 7.33. The summed E-state index contributed by atoms with van der Waals surface area (Å²) < 4.78 is 5.31. The Morgan fingerprint density at radius 3 is 2.81 bits per heavy atom. The third-order valence-corrected chi connectivity index (χ3v) is 2.90. The van der Waals surface area contributed by atoms with Gasteiger partial charge in [0.2, 0.25) is 0 Å². The van der Waals surface area contributed by atoms with Crippen LogP contribution in [0.3, 0.4) is 0 Å². The van der Waals surface area contributed by atoms with Gasteiger partial charge in [0.25, 0.3) is 0 Å². The zero-order valence-corrected chi connectivity index (χ0v) is 10.5. The molecule has 3 heteroatoms. The van der Waals surface area contributed by atoms with Gasteiger partial charge in [-0.1, -0.05) is 13.0 Å². The molecule has 1 atom stereocenters. The minimum Gasteiger partial charge on any atom is -0.464 e. The number of halogens is 1. The molecule has 0 aliphatic rings. The van der Waals surface area contributed by atoms with Crippen molar-refractivity contribution in [3.8, 4) is 0 Å². The lowest BCUT2D eigenvalue weighted by molar-refractivity contribution is 0.543. The number of nitrogens with one attached hydrogen (secondary N) is 1. The number of rotatable bonds is 4. The van der Waals surface area contributed by atoms with Gasteiger partial charge in [-0.2, -0.15) is 0 Å². The van der Waals surface area contributed by atoms with Crippen LogP contribution in [-0.2, 0) is 6.42 Å². The zero-order valence-electron chi connectivity index (χ0n) is 9.69. The quantitative estimate of drug-likeness (QED) is 0.885. The molecule has 0 bridgehead atoms. The molecule has 0 saturated carbocycles. The van der Waals surface area contributed by atoms with E-state index in [4.69, 9.17) is 4.42 Å². The lowest BCUT2D eigenvalue weighted by Gasteiger charge is -2.13. The molecule has 2 nitrogen and oxygen atoms in total. The number of likely N-dealkylation sites (N-methyl/N-ethyl adjacent to an activating group) is 1. The van der Waals surface area contributed by atoms with Gasteiger partial charge < -0.3 is 9.73 Å². The van der Waals surface area contributed by atoms with Gasteiger partial charge in [0, 0.05) is 11.4 Å². The maximum absolute atomic E-state index is 5.31. The summed E-state index contributed by atoms with van der Waals surface area (Å²) in [6, 6.07) is 8.98. The molecule has 88 valence electrons. The van der Waals surface area contributed by atoms with Crippen molar-refractivity contribution >= 4 is 23.4 Å². The summed E-state index contributed by atoms with van der Waals surface area (Å²) in [5.74, 6) is 0. The van der Waals surface area contributed by atoms with Crippen LogP contribution < -0.4 is 5.32 Å². The van der Waals surface area contributed by atoms with Gasteiger partial charge in [-0.3, -0.25) is 0 Å². The molecule has 0 saturated heterocycles. The molecular weight excluding hydrogens is 222 g/mol. The summed E-state index contributed by atoms with van der Waals surface area (Å²) in [7, 11) is 2.02. The van der Waals surface area contributed by atoms with E-state index in [2.05, 4.69) is 24.4 Å². The van der Waals surface area contributed by atoms with Crippen molar-refractivity contribution in [1.82, 2.24) is 5.32 Å². The Labute approximate surface area is 102 Å². The van der Waals surface area contributed by atoms with E-state index in [1.807, 2.05) is 19.2 Å². The van der Waals surface area contributed by atoms with Gasteiger partial charge in [0.05, 0.1) is 6.26 Å². The molecule has 1 heterocycles. The first kappa shape index (κ1) is 13.1. The van der Waals surface area contributed by atoms with Gasteiger partial charge in [0.1, 0.15) is 5.58 Å². The fourth-order valence-electron chi connectivity index (χ4n) is 1.88. The predicted octanol–water partition coefficient (Wildman–Crippen LogP) is 3.40. The molecule has 0 aliphatic carbocycles. The first-order valence-electron chi connectivity index (χ1n) is 5.47. The molecule has 0 fully saturated rings. The van der Waals surface area contributed by atoms with Crippen LogP contribution in [0.5, 0.6) is 0 Å². The highest BCUT2D eigenvalue weighted by molar-refractivity contribution is 5.85. The molecular formula is C13H18ClNO. The summed E-state index contributed by atoms with van der Waals surface area (Å²) in [6.07, 6.45) is 3.97. The van der Waals surface area contributed by atoms with Gasteiger partial charge in [0.15, 0.2) is 0 Å². The average molecular weight is 240 g/mol. The molecule has 2 rings (SSSR count). The van der Waals surface area contributed by atoms with Crippen molar-refractivity contribution in [2.45, 2.75) is 25.8 Å². The second kappa shape index (κ2) is 5.92. The monoisotopic (exact) mass is 239 g/mol. The van der Waals surface area contributed by atoms with Crippen LogP contribution in [0.2, 0.25) is 0 Å². The Morgan fingerprint density at radius 1 is 1.31 bits per heavy atom. The Morgan fingerprint density at radius 2 is 2.12 bits per heavy atom. The molecule has 0 aliphatic heterocycles. The molecule has 2 aromatic rings. The lowest BCUT2D eigenvalue weighted by atomic mass is 10.0. The van der Waals surface area contributed by atoms with Gasteiger partial charge in [-0.15, -0.1) is 12.4 Å². The molecule has 0 radical (unpaired) electrons. The highest BCUT2D eigenvalue weighted by Crippen LogP contribution is 2.18. The van der Waals surface area contributed by atoms with Crippen molar-refractivity contribution in [1.29, 1.82) is 0 Å². The number of hydrogen-bond donors (Lipinski definition) is 1. The highest BCUT2D eigenvalue weighted by Gasteiger charge is 2.05. The standard InChI is InChI=1S/C13H17NO.ClH/c1-3-12(14-2)9-10-4-5-13-11(8-10)6-7-15-13;/h4-8,12,14H,3,9H2,1-2H3;1H. The van der Waals surface area contributed by atoms with Crippen molar-refractivity contribution in [3.63, 3.8) is 0 Å². The van der Waals surface area contributed by atoms with Crippen molar-refractivity contribution < 1.29 is 4.42 Å². The van der Waals surface area contributed by atoms with E-state index < -0.39 is 0 Å². The largest absolute Gasteiger partial charge is 0.464 e. The predicted molar refractivity (Wildman–Crippen MR) is 70.3 cm³/mol. The van der Waals surface area contributed by atoms with E-state index in [1.165, 1.54) is 10.9 Å². The van der Waals surface area contributed by atoms with Crippen LogP contribution in [-0.4, -0.2) is 13.1 Å². The van der Waals surface area contributed by atoms with Crippen molar-refractivity contribution in [2.75, 3.05) is 7.05 Å². The Kier molecular flexibility index (Phi) is 4.84. The zero-order chi connectivity index (χ0) is 10.7. The van der Waals surface area contributed by atoms with Crippen LogP contribution >= 0.6 is 12.4 Å². The smallest absolute Gasteiger partial charge is 0.133 e. The number of benzene rings is 1. The summed E-state index contributed by atoms with van der Waals surface area (Å²) >= 11 is 0. The Bertz CT molecular complexity index is 434. The van der Waals surface area contributed by atoms with E-state index in [9.17, 15) is 0 Å². The number of furan rings is 1. The molecule has 1 N–H and O–H groups in total. The van der Waals surface area contributed by atoms with Crippen LogP contribution in [0, 0.1) is 0 Å². The van der Waals surface area contributed by atoms with E-state index >= 15 is 0 Å². The van der Waals surface area contributed by atoms with Gasteiger partial charge in [-0.05, 0) is 43.7 Å². The molecule has 0 amide bonds. The summed E-state index contributed by atoms with van der Waals surface area (Å²) in [4.78, 5) is 0. The van der Waals surface area contributed by atoms with Crippen LogP contribution in [0.4, 0.5) is 0 Å². The van der Waals surface area contributed by atoms with E-state index in [0.29, 0.717) is 6.04 Å². The summed E-state index contributed by atoms with van der Waals surface area (Å²) in [5.41, 5.74) is 2.33. The number of hydrogen-bond acceptors (Lipinski definition) is 2. The second-order valence-electron chi connectivity index (χ2n) is 3.89. The van der Waals surface area contributed by atoms with E-state index in [0.717, 1.165) is 18.4 Å². The van der Waals surface area contributed by atoms with Crippen molar-refractivity contribution in [3.05, 3.63) is 36.1 Å². The SMILES string of the molecule is CCC(Cc1ccc2occc2c1)NC.Cl. The topological polar surface area (TPSA) is 25.2 Å². The minimum absolute atomic E-state index is 0.